The van der Waals surface area contributed by atoms with Gasteiger partial charge in [0, 0.05) is 56.4 Å². The van der Waals surface area contributed by atoms with Crippen molar-refractivity contribution in [3.8, 4) is 17.0 Å². The van der Waals surface area contributed by atoms with Crippen LogP contribution in [0.15, 0.2) is 54.7 Å². The summed E-state index contributed by atoms with van der Waals surface area (Å²) in [7, 11) is 1.50. The fourth-order valence-corrected chi connectivity index (χ4v) is 7.26. The van der Waals surface area contributed by atoms with Gasteiger partial charge in [-0.2, -0.15) is 18.3 Å². The van der Waals surface area contributed by atoms with Crippen molar-refractivity contribution in [3.05, 3.63) is 82.7 Å². The van der Waals surface area contributed by atoms with Gasteiger partial charge in [0.2, 0.25) is 0 Å². The Morgan fingerprint density at radius 3 is 2.43 bits per heavy atom. The van der Waals surface area contributed by atoms with Crippen LogP contribution in [0.5, 0.6) is 5.75 Å². The number of fused-ring (bicyclic) bond motifs is 1. The van der Waals surface area contributed by atoms with Gasteiger partial charge in [0.1, 0.15) is 16.9 Å². The Labute approximate surface area is 306 Å². The first-order valence-electron chi connectivity index (χ1n) is 17.7. The summed E-state index contributed by atoms with van der Waals surface area (Å²) in [5.41, 5.74) is 0.323. The van der Waals surface area contributed by atoms with Gasteiger partial charge in [0.25, 0.3) is 5.91 Å². The minimum atomic E-state index is -4.77. The summed E-state index contributed by atoms with van der Waals surface area (Å²) in [6.07, 6.45) is -4.00. The number of nitrogens with zero attached hydrogens (tertiary/aromatic N) is 6. The molecule has 3 atom stereocenters. The van der Waals surface area contributed by atoms with Gasteiger partial charge >= 0.3 is 12.3 Å². The molecule has 12 nitrogen and oxygen atoms in total. The number of carbonyl (C=O) groups is 2. The standard InChI is InChI=1S/C38H46F3N7O5/c1-23-21-45(31(22-49)27-9-7-8-26(18-27)30-20-42-14-15-47(30)36(51)53-37(3,4)5)16-17-46(23)35(50)29-19-43-48-33(38(39,40)41)24(2)32(44-34(29)48)25-10-12-28(52-6)13-11-25/h7-13,18-19,23,30-31,42,49H,14-17,20-22H2,1-6H3/t23-,30?,31-/m1/s1. The zero-order valence-electron chi connectivity index (χ0n) is 30.8. The maximum absolute atomic E-state index is 14.5. The fraction of sp³-hybridized carbons (Fsp3) is 0.474. The monoisotopic (exact) mass is 737 g/mol. The maximum Gasteiger partial charge on any atom is 0.433 e. The number of rotatable bonds is 7. The quantitative estimate of drug-likeness (QED) is 0.253. The van der Waals surface area contributed by atoms with E-state index in [0.29, 0.717) is 48.6 Å². The lowest BCUT2D eigenvalue weighted by molar-refractivity contribution is -0.143. The van der Waals surface area contributed by atoms with Gasteiger partial charge < -0.3 is 24.8 Å². The van der Waals surface area contributed by atoms with Crippen LogP contribution in [0.3, 0.4) is 0 Å². The molecule has 0 radical (unpaired) electrons. The summed E-state index contributed by atoms with van der Waals surface area (Å²) in [6.45, 7) is 11.3. The minimum absolute atomic E-state index is 0.0346. The smallest absolute Gasteiger partial charge is 0.433 e. The molecule has 2 amide bonds. The molecule has 53 heavy (non-hydrogen) atoms. The van der Waals surface area contributed by atoms with E-state index in [1.165, 1.54) is 14.0 Å². The second-order valence-electron chi connectivity index (χ2n) is 14.6. The van der Waals surface area contributed by atoms with E-state index >= 15 is 0 Å². The molecule has 0 saturated carbocycles. The molecule has 2 aromatic carbocycles. The third-order valence-corrected chi connectivity index (χ3v) is 9.83. The van der Waals surface area contributed by atoms with Crippen LogP contribution >= 0.6 is 0 Å². The number of alkyl halides is 3. The Kier molecular flexibility index (Phi) is 10.7. The average molecular weight is 738 g/mol. The predicted molar refractivity (Wildman–Crippen MR) is 192 cm³/mol. The van der Waals surface area contributed by atoms with Crippen molar-refractivity contribution in [1.29, 1.82) is 0 Å². The Balaban J connectivity index is 1.24. The predicted octanol–water partition coefficient (Wildman–Crippen LogP) is 5.49. The molecule has 2 aliphatic rings. The van der Waals surface area contributed by atoms with Gasteiger partial charge in [-0.15, -0.1) is 0 Å². The molecular formula is C38H46F3N7O5. The molecule has 15 heteroatoms. The first-order chi connectivity index (χ1) is 25.1. The SMILES string of the molecule is COc1ccc(-c2nc3c(C(=O)N4CCN([C@H](CO)c5cccc(C6CNCCN6C(=O)OC(C)(C)C)c5)C[C@H]4C)cnn3c(C(F)(F)F)c2C)cc1. The van der Waals surface area contributed by atoms with E-state index in [1.54, 1.807) is 34.1 Å². The highest BCUT2D eigenvalue weighted by molar-refractivity contribution is 6.00. The number of hydrogen-bond donors (Lipinski definition) is 2. The van der Waals surface area contributed by atoms with E-state index in [2.05, 4.69) is 20.3 Å². The van der Waals surface area contributed by atoms with E-state index in [-0.39, 0.29) is 53.8 Å². The first kappa shape index (κ1) is 38.0. The number of piperazine rings is 2. The number of nitrogens with one attached hydrogen (secondary N) is 1. The fourth-order valence-electron chi connectivity index (χ4n) is 7.26. The van der Waals surface area contributed by atoms with Gasteiger partial charge in [-0.1, -0.05) is 24.3 Å². The zero-order valence-corrected chi connectivity index (χ0v) is 30.8. The van der Waals surface area contributed by atoms with Crippen molar-refractivity contribution in [2.75, 3.05) is 53.0 Å². The number of methoxy groups -OCH3 is 1. The van der Waals surface area contributed by atoms with Gasteiger partial charge in [-0.05, 0) is 70.0 Å². The summed E-state index contributed by atoms with van der Waals surface area (Å²) >= 11 is 0. The molecule has 2 N–H and O–H groups in total. The van der Waals surface area contributed by atoms with Crippen LogP contribution in [-0.4, -0.2) is 111 Å². The second kappa shape index (κ2) is 15.0. The van der Waals surface area contributed by atoms with Crippen molar-refractivity contribution < 1.29 is 37.3 Å². The molecule has 2 saturated heterocycles. The van der Waals surface area contributed by atoms with Gasteiger partial charge in [0.15, 0.2) is 11.3 Å². The Morgan fingerprint density at radius 2 is 1.79 bits per heavy atom. The Hall–Kier alpha value is -4.73. The highest BCUT2D eigenvalue weighted by Gasteiger charge is 2.40. The van der Waals surface area contributed by atoms with E-state index < -0.39 is 29.4 Å². The highest BCUT2D eigenvalue weighted by Crippen LogP contribution is 2.37. The number of aliphatic hydroxyl groups is 1. The highest BCUT2D eigenvalue weighted by atomic mass is 19.4. The van der Waals surface area contributed by atoms with Crippen LogP contribution in [0.2, 0.25) is 0 Å². The van der Waals surface area contributed by atoms with Crippen molar-refractivity contribution >= 4 is 17.6 Å². The molecule has 4 heterocycles. The van der Waals surface area contributed by atoms with Crippen molar-refractivity contribution in [2.45, 2.75) is 64.5 Å². The topological polar surface area (TPSA) is 125 Å². The number of amides is 2. The van der Waals surface area contributed by atoms with Gasteiger partial charge in [-0.25, -0.2) is 14.3 Å². The zero-order chi connectivity index (χ0) is 38.2. The van der Waals surface area contributed by atoms with Crippen LogP contribution in [0.25, 0.3) is 16.9 Å². The molecule has 4 aromatic rings. The van der Waals surface area contributed by atoms with Crippen LogP contribution in [0.1, 0.15) is 72.5 Å². The van der Waals surface area contributed by atoms with E-state index in [4.69, 9.17) is 9.47 Å². The molecule has 2 aliphatic heterocycles. The lowest BCUT2D eigenvalue weighted by atomic mass is 9.96. The summed E-state index contributed by atoms with van der Waals surface area (Å²) in [5, 5.41) is 18.0. The van der Waals surface area contributed by atoms with Crippen LogP contribution < -0.4 is 10.1 Å². The summed E-state index contributed by atoms with van der Waals surface area (Å²) in [4.78, 5) is 37.2. The number of benzene rings is 2. The summed E-state index contributed by atoms with van der Waals surface area (Å²) in [5.74, 6) is 0.0614. The third kappa shape index (κ3) is 7.82. The molecule has 0 aliphatic carbocycles. The van der Waals surface area contributed by atoms with E-state index in [1.807, 2.05) is 52.0 Å². The first-order valence-corrected chi connectivity index (χ1v) is 17.7. The molecule has 1 unspecified atom stereocenters. The van der Waals surface area contributed by atoms with Crippen LogP contribution in [0, 0.1) is 6.92 Å². The van der Waals surface area contributed by atoms with Crippen molar-refractivity contribution in [3.63, 3.8) is 0 Å². The largest absolute Gasteiger partial charge is 0.497 e. The number of hydrogen-bond acceptors (Lipinski definition) is 9. The lowest BCUT2D eigenvalue weighted by Crippen LogP contribution is -2.55. The van der Waals surface area contributed by atoms with E-state index in [9.17, 15) is 27.9 Å². The molecule has 2 fully saturated rings. The van der Waals surface area contributed by atoms with E-state index in [0.717, 1.165) is 17.3 Å². The molecule has 0 spiro atoms. The summed E-state index contributed by atoms with van der Waals surface area (Å²) < 4.78 is 55.1. The molecule has 0 bridgehead atoms. The number of aliphatic hydroxyl groups excluding tert-OH is 1. The number of aromatic nitrogens is 3. The number of halogens is 3. The van der Waals surface area contributed by atoms with Crippen molar-refractivity contribution in [2.24, 2.45) is 0 Å². The molecular weight excluding hydrogens is 691 g/mol. The Morgan fingerprint density at radius 1 is 1.06 bits per heavy atom. The molecule has 2 aromatic heterocycles. The lowest BCUT2D eigenvalue weighted by Gasteiger charge is -2.43. The average Bonchev–Trinajstić information content (AvgIpc) is 3.53. The van der Waals surface area contributed by atoms with Gasteiger partial charge in [0.05, 0.1) is 37.7 Å². The van der Waals surface area contributed by atoms with Crippen LogP contribution in [0.4, 0.5) is 18.0 Å². The maximum atomic E-state index is 14.5. The van der Waals surface area contributed by atoms with Crippen LogP contribution in [-0.2, 0) is 10.9 Å². The number of ether oxygens (including phenoxy) is 2. The molecule has 284 valence electrons. The second-order valence-corrected chi connectivity index (χ2v) is 14.6. The normalized spacial score (nSPS) is 19.4. The van der Waals surface area contributed by atoms with Gasteiger partial charge in [-0.3, -0.25) is 14.6 Å². The minimum Gasteiger partial charge on any atom is -0.497 e. The number of carbonyl (C=O) groups excluding carboxylic acids is 2. The van der Waals surface area contributed by atoms with Crippen molar-refractivity contribution in [1.82, 2.24) is 34.6 Å². The third-order valence-electron chi connectivity index (χ3n) is 9.83. The Bertz CT molecular complexity index is 1960. The summed E-state index contributed by atoms with van der Waals surface area (Å²) in [6, 6.07) is 13.3. The molecule has 6 rings (SSSR count).